The molecule has 0 N–H and O–H groups in total. The summed E-state index contributed by atoms with van der Waals surface area (Å²) in [7, 11) is 0. The summed E-state index contributed by atoms with van der Waals surface area (Å²) in [5.41, 5.74) is 4.44. The van der Waals surface area contributed by atoms with Gasteiger partial charge in [-0.25, -0.2) is 4.98 Å². The van der Waals surface area contributed by atoms with Gasteiger partial charge in [-0.05, 0) is 50.5 Å². The number of benzene rings is 2. The van der Waals surface area contributed by atoms with Gasteiger partial charge in [0.2, 0.25) is 0 Å². The average molecular weight is 473 g/mol. The second-order valence-electron chi connectivity index (χ2n) is 7.92. The van der Waals surface area contributed by atoms with Crippen LogP contribution >= 0.6 is 34.5 Å². The number of carbonyl (C=O) groups excluding carboxylic acids is 2. The van der Waals surface area contributed by atoms with Crippen molar-refractivity contribution in [2.24, 2.45) is 5.92 Å². The lowest BCUT2D eigenvalue weighted by atomic mass is 9.89. The van der Waals surface area contributed by atoms with Crippen LogP contribution in [-0.4, -0.2) is 34.7 Å². The van der Waals surface area contributed by atoms with E-state index in [0.29, 0.717) is 47.2 Å². The minimum absolute atomic E-state index is 0.0523. The van der Waals surface area contributed by atoms with Crippen molar-refractivity contribution in [1.82, 2.24) is 9.88 Å². The molecule has 0 bridgehead atoms. The fourth-order valence-corrected chi connectivity index (χ4v) is 5.12. The third-order valence-electron chi connectivity index (χ3n) is 5.69. The molecule has 31 heavy (non-hydrogen) atoms. The predicted octanol–water partition coefficient (Wildman–Crippen LogP) is 6.47. The van der Waals surface area contributed by atoms with Gasteiger partial charge in [0.1, 0.15) is 10.7 Å². The Morgan fingerprint density at radius 1 is 1.03 bits per heavy atom. The number of hydrogen-bond donors (Lipinski definition) is 0. The van der Waals surface area contributed by atoms with E-state index in [9.17, 15) is 9.59 Å². The summed E-state index contributed by atoms with van der Waals surface area (Å²) < 4.78 is 0. The molecular formula is C24H22Cl2N2O2S. The first-order valence-corrected chi connectivity index (χ1v) is 11.8. The number of likely N-dealkylation sites (tertiary alicyclic amines) is 1. The van der Waals surface area contributed by atoms with Crippen LogP contribution in [0.25, 0.3) is 10.6 Å². The second kappa shape index (κ2) is 9.11. The van der Waals surface area contributed by atoms with Gasteiger partial charge >= 0.3 is 0 Å². The number of Topliss-reactive ketones (excluding diaryl/α,β-unsaturated/α-hetero) is 1. The van der Waals surface area contributed by atoms with Gasteiger partial charge in [0.15, 0.2) is 5.78 Å². The molecule has 4 rings (SSSR count). The normalized spacial score (nSPS) is 14.6. The minimum Gasteiger partial charge on any atom is -0.337 e. The molecule has 0 atom stereocenters. The van der Waals surface area contributed by atoms with E-state index in [1.807, 2.05) is 5.38 Å². The molecule has 3 aromatic rings. The molecule has 0 saturated carbocycles. The molecule has 0 unspecified atom stereocenters. The maximum absolute atomic E-state index is 13.0. The highest BCUT2D eigenvalue weighted by molar-refractivity contribution is 7.13. The summed E-state index contributed by atoms with van der Waals surface area (Å²) in [5.74, 6) is -0.147. The Kier molecular flexibility index (Phi) is 6.47. The van der Waals surface area contributed by atoms with Gasteiger partial charge in [-0.3, -0.25) is 9.59 Å². The highest BCUT2D eigenvalue weighted by Gasteiger charge is 2.29. The summed E-state index contributed by atoms with van der Waals surface area (Å²) in [4.78, 5) is 32.2. The Bertz CT molecular complexity index is 1150. The van der Waals surface area contributed by atoms with E-state index in [4.69, 9.17) is 23.2 Å². The molecule has 1 amide bonds. The quantitative estimate of drug-likeness (QED) is 0.408. The van der Waals surface area contributed by atoms with Gasteiger partial charge in [0, 0.05) is 35.5 Å². The van der Waals surface area contributed by atoms with Crippen LogP contribution in [-0.2, 0) is 0 Å². The van der Waals surface area contributed by atoms with Gasteiger partial charge < -0.3 is 4.90 Å². The Morgan fingerprint density at radius 3 is 2.45 bits per heavy atom. The molecule has 1 saturated heterocycles. The van der Waals surface area contributed by atoms with Crippen LogP contribution < -0.4 is 0 Å². The second-order valence-corrected chi connectivity index (χ2v) is 9.59. The Balaban J connectivity index is 1.41. The largest absolute Gasteiger partial charge is 0.337 e. The van der Waals surface area contributed by atoms with Gasteiger partial charge in [0.25, 0.3) is 5.91 Å². The van der Waals surface area contributed by atoms with E-state index in [1.54, 1.807) is 23.1 Å². The SMILES string of the molecule is Cc1ccc(-c2nc(C(=O)N3CCC(C(=O)c4ccc(Cl)c(Cl)c4)CC3)cs2)c(C)c1. The number of ketones is 1. The molecule has 1 aromatic heterocycles. The topological polar surface area (TPSA) is 50.3 Å². The molecule has 0 radical (unpaired) electrons. The molecule has 1 fully saturated rings. The minimum atomic E-state index is -0.123. The van der Waals surface area contributed by atoms with Gasteiger partial charge in [0.05, 0.1) is 10.0 Å². The molecule has 2 aromatic carbocycles. The summed E-state index contributed by atoms with van der Waals surface area (Å²) in [6, 6.07) is 11.2. The van der Waals surface area contributed by atoms with E-state index < -0.39 is 0 Å². The zero-order chi connectivity index (χ0) is 22.1. The van der Waals surface area contributed by atoms with E-state index in [-0.39, 0.29) is 17.6 Å². The average Bonchev–Trinajstić information content (AvgIpc) is 3.24. The van der Waals surface area contributed by atoms with Crippen LogP contribution in [0.1, 0.15) is 44.8 Å². The summed E-state index contributed by atoms with van der Waals surface area (Å²) in [6.07, 6.45) is 1.25. The van der Waals surface area contributed by atoms with Crippen LogP contribution in [0.5, 0.6) is 0 Å². The number of nitrogens with zero attached hydrogens (tertiary/aromatic N) is 2. The van der Waals surface area contributed by atoms with Gasteiger partial charge in [-0.1, -0.05) is 47.0 Å². The first kappa shape index (κ1) is 22.0. The number of rotatable bonds is 4. The number of aromatic nitrogens is 1. The van der Waals surface area contributed by atoms with E-state index in [0.717, 1.165) is 16.1 Å². The molecule has 1 aliphatic rings. The predicted molar refractivity (Wildman–Crippen MR) is 126 cm³/mol. The Hall–Kier alpha value is -2.21. The molecule has 160 valence electrons. The Morgan fingerprint density at radius 2 is 1.77 bits per heavy atom. The van der Waals surface area contributed by atoms with Crippen molar-refractivity contribution in [2.45, 2.75) is 26.7 Å². The molecule has 0 aliphatic carbocycles. The molecule has 0 spiro atoms. The third-order valence-corrected chi connectivity index (χ3v) is 7.31. The monoisotopic (exact) mass is 472 g/mol. The first-order valence-electron chi connectivity index (χ1n) is 10.1. The van der Waals surface area contributed by atoms with E-state index in [2.05, 4.69) is 37.0 Å². The lowest BCUT2D eigenvalue weighted by Gasteiger charge is -2.31. The summed E-state index contributed by atoms with van der Waals surface area (Å²) >= 11 is 13.5. The van der Waals surface area contributed by atoms with Crippen molar-refractivity contribution in [1.29, 1.82) is 0 Å². The number of hydrogen-bond acceptors (Lipinski definition) is 4. The summed E-state index contributed by atoms with van der Waals surface area (Å²) in [5, 5.41) is 3.49. The zero-order valence-electron chi connectivity index (χ0n) is 17.3. The number of carbonyl (C=O) groups is 2. The number of halogens is 2. The lowest BCUT2D eigenvalue weighted by molar-refractivity contribution is 0.0646. The Labute approximate surface area is 195 Å². The fraction of sp³-hybridized carbons (Fsp3) is 0.292. The van der Waals surface area contributed by atoms with Crippen LogP contribution in [0.2, 0.25) is 10.0 Å². The zero-order valence-corrected chi connectivity index (χ0v) is 19.7. The summed E-state index contributed by atoms with van der Waals surface area (Å²) in [6.45, 7) is 5.18. The van der Waals surface area contributed by atoms with Crippen LogP contribution in [0.15, 0.2) is 41.8 Å². The van der Waals surface area contributed by atoms with Crippen molar-refractivity contribution in [3.63, 3.8) is 0 Å². The maximum Gasteiger partial charge on any atom is 0.273 e. The van der Waals surface area contributed by atoms with E-state index >= 15 is 0 Å². The number of thiazole rings is 1. The van der Waals surface area contributed by atoms with Crippen LogP contribution in [0.4, 0.5) is 0 Å². The molecule has 1 aliphatic heterocycles. The number of amides is 1. The first-order chi connectivity index (χ1) is 14.8. The molecule has 7 heteroatoms. The van der Waals surface area contributed by atoms with Crippen LogP contribution in [0.3, 0.4) is 0 Å². The standard InChI is InChI=1S/C24H22Cl2N2O2S/c1-14-3-5-18(15(2)11-14)23-27-21(13-31-23)24(30)28-9-7-16(8-10-28)22(29)17-4-6-19(25)20(26)12-17/h3-6,11-13,16H,7-10H2,1-2H3. The van der Waals surface area contributed by atoms with E-state index in [1.165, 1.54) is 16.9 Å². The maximum atomic E-state index is 13.0. The highest BCUT2D eigenvalue weighted by Crippen LogP contribution is 2.30. The third kappa shape index (κ3) is 4.69. The van der Waals surface area contributed by atoms with Crippen molar-refractivity contribution < 1.29 is 9.59 Å². The fourth-order valence-electron chi connectivity index (χ4n) is 3.94. The van der Waals surface area contributed by atoms with Crippen molar-refractivity contribution in [3.05, 3.63) is 74.2 Å². The van der Waals surface area contributed by atoms with Gasteiger partial charge in [-0.15, -0.1) is 11.3 Å². The van der Waals surface area contributed by atoms with Crippen molar-refractivity contribution in [3.8, 4) is 10.6 Å². The molecule has 2 heterocycles. The number of aryl methyl sites for hydroxylation is 2. The number of piperidine rings is 1. The van der Waals surface area contributed by atoms with Crippen molar-refractivity contribution >= 4 is 46.2 Å². The van der Waals surface area contributed by atoms with Crippen molar-refractivity contribution in [2.75, 3.05) is 13.1 Å². The highest BCUT2D eigenvalue weighted by atomic mass is 35.5. The lowest BCUT2D eigenvalue weighted by Crippen LogP contribution is -2.40. The smallest absolute Gasteiger partial charge is 0.273 e. The molecule has 4 nitrogen and oxygen atoms in total. The van der Waals surface area contributed by atoms with Crippen LogP contribution in [0, 0.1) is 19.8 Å². The van der Waals surface area contributed by atoms with Gasteiger partial charge in [-0.2, -0.15) is 0 Å². The molecular weight excluding hydrogens is 451 g/mol.